The van der Waals surface area contributed by atoms with E-state index in [9.17, 15) is 14.0 Å². The molecule has 4 rings (SSSR count). The van der Waals surface area contributed by atoms with Crippen LogP contribution >= 0.6 is 11.8 Å². The van der Waals surface area contributed by atoms with Gasteiger partial charge in [0.25, 0.3) is 5.56 Å². The predicted molar refractivity (Wildman–Crippen MR) is 123 cm³/mol. The fourth-order valence-corrected chi connectivity index (χ4v) is 5.52. The summed E-state index contributed by atoms with van der Waals surface area (Å²) in [6, 6.07) is 3.17. The number of benzene rings is 1. The Kier molecular flexibility index (Phi) is 7.67. The first-order valence-electron chi connectivity index (χ1n) is 11.3. The van der Waals surface area contributed by atoms with Crippen LogP contribution in [0.2, 0.25) is 0 Å². The van der Waals surface area contributed by atoms with Crippen molar-refractivity contribution >= 4 is 28.6 Å². The molecule has 1 saturated heterocycles. The first-order valence-corrected chi connectivity index (χ1v) is 12.3. The number of carbonyl (C=O) groups is 1. The van der Waals surface area contributed by atoms with Crippen LogP contribution in [0.3, 0.4) is 0 Å². The van der Waals surface area contributed by atoms with Crippen molar-refractivity contribution in [3.63, 3.8) is 0 Å². The van der Waals surface area contributed by atoms with Gasteiger partial charge in [0.15, 0.2) is 0 Å². The van der Waals surface area contributed by atoms with Crippen molar-refractivity contribution in [1.29, 1.82) is 0 Å². The van der Waals surface area contributed by atoms with E-state index in [-0.39, 0.29) is 17.3 Å². The molecule has 174 valence electrons. The van der Waals surface area contributed by atoms with Crippen molar-refractivity contribution in [2.24, 2.45) is 5.92 Å². The average Bonchev–Trinajstić information content (AvgIpc) is 2.77. The Morgan fingerprint density at radius 3 is 2.72 bits per heavy atom. The summed E-state index contributed by atoms with van der Waals surface area (Å²) in [6.45, 7) is 3.51. The SMILES string of the molecule is CC(=O)N[C@H]1CC[C@H](SCc2nc3cc(OCC4CCOCC4)cc(F)c3c(=O)[nH]2)CC1. The van der Waals surface area contributed by atoms with Crippen LogP contribution in [0, 0.1) is 11.7 Å². The average molecular weight is 464 g/mol. The van der Waals surface area contributed by atoms with E-state index in [1.807, 2.05) is 0 Å². The lowest BCUT2D eigenvalue weighted by atomic mass is 9.95. The monoisotopic (exact) mass is 463 g/mol. The number of aromatic amines is 1. The van der Waals surface area contributed by atoms with Crippen molar-refractivity contribution in [2.45, 2.75) is 62.5 Å². The fraction of sp³-hybridized carbons (Fsp3) is 0.609. The number of carbonyl (C=O) groups excluding carboxylic acids is 1. The summed E-state index contributed by atoms with van der Waals surface area (Å²) in [5.41, 5.74) is -0.144. The second-order valence-corrected chi connectivity index (χ2v) is 9.95. The summed E-state index contributed by atoms with van der Waals surface area (Å²) < 4.78 is 25.8. The van der Waals surface area contributed by atoms with Crippen molar-refractivity contribution in [1.82, 2.24) is 15.3 Å². The topological polar surface area (TPSA) is 93.3 Å². The summed E-state index contributed by atoms with van der Waals surface area (Å²) in [5.74, 6) is 1.28. The minimum absolute atomic E-state index is 0.0161. The Bertz CT molecular complexity index is 1000. The third-order valence-corrected chi connectivity index (χ3v) is 7.53. The van der Waals surface area contributed by atoms with Crippen LogP contribution in [0.1, 0.15) is 51.3 Å². The molecule has 2 aromatic rings. The number of hydrogen-bond donors (Lipinski definition) is 2. The van der Waals surface area contributed by atoms with Crippen LogP contribution in [-0.4, -0.2) is 47.0 Å². The number of halogens is 1. The van der Waals surface area contributed by atoms with Crippen LogP contribution in [0.25, 0.3) is 10.9 Å². The fourth-order valence-electron chi connectivity index (χ4n) is 4.38. The van der Waals surface area contributed by atoms with Gasteiger partial charge < -0.3 is 19.8 Å². The number of rotatable bonds is 7. The third kappa shape index (κ3) is 6.01. The van der Waals surface area contributed by atoms with Gasteiger partial charge in [-0.1, -0.05) is 0 Å². The standard InChI is InChI=1S/C23H30FN3O4S/c1-14(28)25-16-2-4-18(5-3-16)32-13-21-26-20-11-17(10-19(24)22(20)23(29)27-21)31-12-15-6-8-30-9-7-15/h10-11,15-16,18H,2-9,12-13H2,1H3,(H,25,28)(H,26,27,29)/t16-,18-. The number of nitrogens with zero attached hydrogens (tertiary/aromatic N) is 1. The highest BCUT2D eigenvalue weighted by Crippen LogP contribution is 2.30. The highest BCUT2D eigenvalue weighted by Gasteiger charge is 2.22. The number of H-pyrrole nitrogens is 1. The maximum atomic E-state index is 14.6. The molecule has 0 spiro atoms. The van der Waals surface area contributed by atoms with Crippen molar-refractivity contribution in [3.05, 3.63) is 34.1 Å². The van der Waals surface area contributed by atoms with Crippen molar-refractivity contribution in [3.8, 4) is 5.75 Å². The van der Waals surface area contributed by atoms with E-state index in [0.717, 1.165) is 51.7 Å². The molecule has 1 aromatic carbocycles. The molecule has 0 bridgehead atoms. The van der Waals surface area contributed by atoms with Gasteiger partial charge in [-0.2, -0.15) is 11.8 Å². The van der Waals surface area contributed by atoms with Gasteiger partial charge in [0.05, 0.1) is 17.9 Å². The minimum Gasteiger partial charge on any atom is -0.493 e. The van der Waals surface area contributed by atoms with Crippen LogP contribution in [0.15, 0.2) is 16.9 Å². The molecule has 2 heterocycles. The maximum absolute atomic E-state index is 14.6. The van der Waals surface area contributed by atoms with Gasteiger partial charge in [-0.15, -0.1) is 0 Å². The van der Waals surface area contributed by atoms with Crippen LogP contribution in [0.4, 0.5) is 4.39 Å². The van der Waals surface area contributed by atoms with E-state index in [1.165, 1.54) is 6.07 Å². The Hall–Kier alpha value is -2.13. The van der Waals surface area contributed by atoms with E-state index in [0.29, 0.717) is 40.6 Å². The molecular formula is C23H30FN3O4S. The predicted octanol–water partition coefficient (Wildman–Crippen LogP) is 3.55. The van der Waals surface area contributed by atoms with Gasteiger partial charge in [0.1, 0.15) is 22.8 Å². The number of hydrogen-bond acceptors (Lipinski definition) is 6. The summed E-state index contributed by atoms with van der Waals surface area (Å²) in [7, 11) is 0. The van der Waals surface area contributed by atoms with Gasteiger partial charge >= 0.3 is 0 Å². The van der Waals surface area contributed by atoms with Gasteiger partial charge in [-0.3, -0.25) is 9.59 Å². The summed E-state index contributed by atoms with van der Waals surface area (Å²) in [4.78, 5) is 31.0. The maximum Gasteiger partial charge on any atom is 0.261 e. The molecule has 32 heavy (non-hydrogen) atoms. The molecular weight excluding hydrogens is 433 g/mol. The lowest BCUT2D eigenvalue weighted by Crippen LogP contribution is -2.36. The Labute approximate surface area is 190 Å². The van der Waals surface area contributed by atoms with Crippen molar-refractivity contribution < 1.29 is 18.7 Å². The smallest absolute Gasteiger partial charge is 0.261 e. The van der Waals surface area contributed by atoms with Gasteiger partial charge in [0, 0.05) is 43.6 Å². The molecule has 2 fully saturated rings. The molecule has 1 aromatic heterocycles. The zero-order valence-electron chi connectivity index (χ0n) is 18.3. The quantitative estimate of drug-likeness (QED) is 0.652. The highest BCUT2D eigenvalue weighted by molar-refractivity contribution is 7.99. The Balaban J connectivity index is 1.39. The molecule has 1 aliphatic carbocycles. The second-order valence-electron chi connectivity index (χ2n) is 8.66. The summed E-state index contributed by atoms with van der Waals surface area (Å²) in [6.07, 6.45) is 5.79. The van der Waals surface area contributed by atoms with Crippen LogP contribution in [-0.2, 0) is 15.3 Å². The van der Waals surface area contributed by atoms with Crippen molar-refractivity contribution in [2.75, 3.05) is 19.8 Å². The number of ether oxygens (including phenoxy) is 2. The first-order chi connectivity index (χ1) is 15.5. The molecule has 0 radical (unpaired) electrons. The molecule has 9 heteroatoms. The van der Waals surface area contributed by atoms with E-state index in [2.05, 4.69) is 15.3 Å². The first kappa shape index (κ1) is 23.0. The summed E-state index contributed by atoms with van der Waals surface area (Å²) >= 11 is 1.74. The number of fused-ring (bicyclic) bond motifs is 1. The lowest BCUT2D eigenvalue weighted by molar-refractivity contribution is -0.119. The normalized spacial score (nSPS) is 22.1. The second kappa shape index (κ2) is 10.7. The van der Waals surface area contributed by atoms with E-state index < -0.39 is 11.4 Å². The van der Waals surface area contributed by atoms with E-state index >= 15 is 0 Å². The minimum atomic E-state index is -0.617. The van der Waals surface area contributed by atoms with Gasteiger partial charge in [0.2, 0.25) is 5.91 Å². The highest BCUT2D eigenvalue weighted by atomic mass is 32.2. The molecule has 2 aliphatic rings. The molecule has 2 N–H and O–H groups in total. The van der Waals surface area contributed by atoms with Gasteiger partial charge in [-0.25, -0.2) is 9.37 Å². The molecule has 1 aliphatic heterocycles. The van der Waals surface area contributed by atoms with Crippen LogP contribution < -0.4 is 15.6 Å². The van der Waals surface area contributed by atoms with Crippen LogP contribution in [0.5, 0.6) is 5.75 Å². The molecule has 0 unspecified atom stereocenters. The Morgan fingerprint density at radius 1 is 1.25 bits per heavy atom. The molecule has 1 saturated carbocycles. The van der Waals surface area contributed by atoms with E-state index in [1.54, 1.807) is 24.8 Å². The lowest BCUT2D eigenvalue weighted by Gasteiger charge is -2.28. The molecule has 0 atom stereocenters. The molecule has 7 nitrogen and oxygen atoms in total. The zero-order chi connectivity index (χ0) is 22.5. The number of thioether (sulfide) groups is 1. The molecule has 1 amide bonds. The number of amides is 1. The Morgan fingerprint density at radius 2 is 2.00 bits per heavy atom. The summed E-state index contributed by atoms with van der Waals surface area (Å²) in [5, 5.41) is 3.40. The van der Waals surface area contributed by atoms with E-state index in [4.69, 9.17) is 9.47 Å². The zero-order valence-corrected chi connectivity index (χ0v) is 19.1. The number of aromatic nitrogens is 2. The van der Waals surface area contributed by atoms with Gasteiger partial charge in [-0.05, 0) is 44.4 Å². The number of nitrogens with one attached hydrogen (secondary N) is 2. The largest absolute Gasteiger partial charge is 0.493 e. The third-order valence-electron chi connectivity index (χ3n) is 6.15.